The highest BCUT2D eigenvalue weighted by molar-refractivity contribution is 6.10. The summed E-state index contributed by atoms with van der Waals surface area (Å²) in [5.41, 5.74) is 2.89. The van der Waals surface area contributed by atoms with Crippen LogP contribution in [0.3, 0.4) is 0 Å². The van der Waals surface area contributed by atoms with E-state index in [1.54, 1.807) is 44.5 Å². The van der Waals surface area contributed by atoms with Crippen LogP contribution in [0.4, 0.5) is 11.4 Å². The van der Waals surface area contributed by atoms with Crippen LogP contribution in [0.2, 0.25) is 0 Å². The molecule has 0 bridgehead atoms. The van der Waals surface area contributed by atoms with Gasteiger partial charge in [0.15, 0.2) is 5.58 Å². The zero-order chi connectivity index (χ0) is 25.9. The predicted octanol–water partition coefficient (Wildman–Crippen LogP) is 5.28. The maximum Gasteiger partial charge on any atom is 0.261 e. The number of hydrogen-bond acceptors (Lipinski definition) is 7. The number of methoxy groups -OCH3 is 2. The van der Waals surface area contributed by atoms with Gasteiger partial charge in [0.1, 0.15) is 22.7 Å². The Hall–Kier alpha value is -4.69. The van der Waals surface area contributed by atoms with Gasteiger partial charge in [-0.1, -0.05) is 36.4 Å². The topological polar surface area (TPSA) is 106 Å². The highest BCUT2D eigenvalue weighted by atomic mass is 16.5. The summed E-state index contributed by atoms with van der Waals surface area (Å²) in [6.07, 6.45) is 1.57. The van der Waals surface area contributed by atoms with E-state index >= 15 is 0 Å². The Kier molecular flexibility index (Phi) is 6.57. The van der Waals surface area contributed by atoms with Gasteiger partial charge in [-0.25, -0.2) is 4.99 Å². The quantitative estimate of drug-likeness (QED) is 0.332. The maximum atomic E-state index is 13.7. The number of fused-ring (bicyclic) bond motifs is 2. The molecule has 3 aromatic carbocycles. The summed E-state index contributed by atoms with van der Waals surface area (Å²) in [6.45, 7) is 1.53. The van der Waals surface area contributed by atoms with Crippen LogP contribution < -0.4 is 20.3 Å². The number of ether oxygens (including phenoxy) is 2. The molecule has 5 rings (SSSR count). The first-order chi connectivity index (χ1) is 18.0. The molecule has 2 heterocycles. The first-order valence-electron chi connectivity index (χ1n) is 11.6. The highest BCUT2D eigenvalue weighted by Crippen LogP contribution is 2.32. The number of aryl methyl sites for hydroxylation is 1. The van der Waals surface area contributed by atoms with Crippen molar-refractivity contribution >= 4 is 39.0 Å². The lowest BCUT2D eigenvalue weighted by Gasteiger charge is -2.12. The first-order valence-corrected chi connectivity index (χ1v) is 11.6. The minimum Gasteiger partial charge on any atom is -0.497 e. The third-order valence-corrected chi connectivity index (χ3v) is 6.11. The fourth-order valence-electron chi connectivity index (χ4n) is 4.18. The molecule has 2 aromatic heterocycles. The van der Waals surface area contributed by atoms with Crippen molar-refractivity contribution in [3.63, 3.8) is 0 Å². The average Bonchev–Trinajstić information content (AvgIpc) is 2.93. The monoisotopic (exact) mass is 495 g/mol. The van der Waals surface area contributed by atoms with Crippen molar-refractivity contribution in [1.82, 2.24) is 4.98 Å². The second-order valence-electron chi connectivity index (χ2n) is 8.37. The number of nitrogens with zero attached hydrogens (tertiary/aromatic N) is 2. The fourth-order valence-corrected chi connectivity index (χ4v) is 4.18. The molecule has 5 aromatic rings. The number of aliphatic hydroxyl groups excluding tert-OH is 1. The smallest absolute Gasteiger partial charge is 0.261 e. The molecule has 0 aliphatic carbocycles. The second kappa shape index (κ2) is 10.1. The van der Waals surface area contributed by atoms with Gasteiger partial charge in [-0.2, -0.15) is 0 Å². The molecule has 0 aliphatic heterocycles. The molecule has 0 aliphatic rings. The van der Waals surface area contributed by atoms with E-state index in [0.29, 0.717) is 45.1 Å². The number of rotatable bonds is 6. The van der Waals surface area contributed by atoms with E-state index in [9.17, 15) is 9.90 Å². The normalized spacial score (nSPS) is 11.6. The molecule has 1 amide bonds. The van der Waals surface area contributed by atoms with Gasteiger partial charge in [-0.3, -0.25) is 9.78 Å². The molecular formula is C29H25N3O5. The standard InChI is InChI=1S/C29H25N3O5/c1-17-27-22(19(16-33)15-30-17)14-23(28(34)31-24-10-6-8-18-7-4-5-9-21(18)24)29(37-27)32-25-13-20(35-2)11-12-26(25)36-3/h4-15,33H,16H2,1-3H3,(H,31,34). The molecule has 186 valence electrons. The van der Waals surface area contributed by atoms with Crippen LogP contribution >= 0.6 is 0 Å². The minimum absolute atomic E-state index is 0.0665. The molecule has 0 atom stereocenters. The van der Waals surface area contributed by atoms with Crippen molar-refractivity contribution in [1.29, 1.82) is 0 Å². The Bertz CT molecular complexity index is 1700. The molecule has 0 saturated carbocycles. The number of benzene rings is 3. The number of carbonyl (C=O) groups excluding carboxylic acids is 1. The predicted molar refractivity (Wildman–Crippen MR) is 141 cm³/mol. The lowest BCUT2D eigenvalue weighted by molar-refractivity contribution is 0.102. The van der Waals surface area contributed by atoms with Gasteiger partial charge in [0.05, 0.1) is 26.5 Å². The van der Waals surface area contributed by atoms with Crippen LogP contribution in [-0.2, 0) is 6.61 Å². The average molecular weight is 496 g/mol. The van der Waals surface area contributed by atoms with E-state index in [-0.39, 0.29) is 17.7 Å². The summed E-state index contributed by atoms with van der Waals surface area (Å²) < 4.78 is 17.0. The summed E-state index contributed by atoms with van der Waals surface area (Å²) in [5.74, 6) is 0.638. The summed E-state index contributed by atoms with van der Waals surface area (Å²) in [6, 6.07) is 20.3. The number of amides is 1. The van der Waals surface area contributed by atoms with Gasteiger partial charge in [0, 0.05) is 34.3 Å². The molecule has 8 nitrogen and oxygen atoms in total. The number of pyridine rings is 1. The number of carbonyl (C=O) groups is 1. The van der Waals surface area contributed by atoms with Crippen LogP contribution in [0.15, 0.2) is 82.3 Å². The van der Waals surface area contributed by atoms with Crippen LogP contribution in [-0.4, -0.2) is 30.2 Å². The van der Waals surface area contributed by atoms with Crippen LogP contribution in [0.25, 0.3) is 21.7 Å². The highest BCUT2D eigenvalue weighted by Gasteiger charge is 2.18. The Labute approximate surface area is 212 Å². The Morgan fingerprint density at radius 1 is 1.03 bits per heavy atom. The SMILES string of the molecule is COc1ccc(OC)c(N=c2oc3c(C)ncc(CO)c3cc2C(=O)Nc2cccc3ccccc23)c1. The molecule has 37 heavy (non-hydrogen) atoms. The lowest BCUT2D eigenvalue weighted by atomic mass is 10.1. The number of hydrogen-bond donors (Lipinski definition) is 2. The zero-order valence-corrected chi connectivity index (χ0v) is 20.6. The van der Waals surface area contributed by atoms with E-state index in [0.717, 1.165) is 10.8 Å². The summed E-state index contributed by atoms with van der Waals surface area (Å²) in [7, 11) is 3.09. The summed E-state index contributed by atoms with van der Waals surface area (Å²) >= 11 is 0. The molecular weight excluding hydrogens is 470 g/mol. The van der Waals surface area contributed by atoms with Gasteiger partial charge in [-0.05, 0) is 36.6 Å². The number of anilines is 1. The van der Waals surface area contributed by atoms with E-state index in [1.165, 1.54) is 7.11 Å². The van der Waals surface area contributed by atoms with Crippen molar-refractivity contribution in [2.24, 2.45) is 4.99 Å². The summed E-state index contributed by atoms with van der Waals surface area (Å²) in [4.78, 5) is 22.7. The molecule has 0 radical (unpaired) electrons. The van der Waals surface area contributed by atoms with E-state index in [1.807, 2.05) is 42.5 Å². The molecule has 0 saturated heterocycles. The van der Waals surface area contributed by atoms with E-state index in [4.69, 9.17) is 13.9 Å². The first kappa shape index (κ1) is 24.0. The van der Waals surface area contributed by atoms with Gasteiger partial charge < -0.3 is 24.3 Å². The van der Waals surface area contributed by atoms with E-state index < -0.39 is 5.91 Å². The van der Waals surface area contributed by atoms with Crippen LogP contribution in [0.1, 0.15) is 21.6 Å². The molecule has 0 unspecified atom stereocenters. The summed E-state index contributed by atoms with van der Waals surface area (Å²) in [5, 5.41) is 15.4. The van der Waals surface area contributed by atoms with Gasteiger partial charge >= 0.3 is 0 Å². The Morgan fingerprint density at radius 2 is 1.84 bits per heavy atom. The molecule has 2 N–H and O–H groups in total. The van der Waals surface area contributed by atoms with Crippen molar-refractivity contribution in [2.45, 2.75) is 13.5 Å². The third-order valence-electron chi connectivity index (χ3n) is 6.11. The second-order valence-corrected chi connectivity index (χ2v) is 8.37. The molecule has 0 spiro atoms. The van der Waals surface area contributed by atoms with Gasteiger partial charge in [0.2, 0.25) is 5.55 Å². The van der Waals surface area contributed by atoms with Crippen LogP contribution in [0, 0.1) is 6.92 Å². The number of nitrogens with one attached hydrogen (secondary N) is 1. The van der Waals surface area contributed by atoms with Crippen molar-refractivity contribution < 1.29 is 23.8 Å². The lowest BCUT2D eigenvalue weighted by Crippen LogP contribution is -2.22. The Balaban J connectivity index is 1.74. The van der Waals surface area contributed by atoms with Crippen LogP contribution in [0.5, 0.6) is 11.5 Å². The Morgan fingerprint density at radius 3 is 2.62 bits per heavy atom. The van der Waals surface area contributed by atoms with E-state index in [2.05, 4.69) is 15.3 Å². The number of aliphatic hydroxyl groups is 1. The van der Waals surface area contributed by atoms with Crippen molar-refractivity contribution in [3.8, 4) is 11.5 Å². The minimum atomic E-state index is -0.416. The van der Waals surface area contributed by atoms with Gasteiger partial charge in [0.25, 0.3) is 5.91 Å². The zero-order valence-electron chi connectivity index (χ0n) is 20.6. The van der Waals surface area contributed by atoms with Crippen molar-refractivity contribution in [2.75, 3.05) is 19.5 Å². The third kappa shape index (κ3) is 4.62. The largest absolute Gasteiger partial charge is 0.497 e. The number of aromatic nitrogens is 1. The van der Waals surface area contributed by atoms with Gasteiger partial charge in [-0.15, -0.1) is 0 Å². The fraction of sp³-hybridized carbons (Fsp3) is 0.138. The molecule has 0 fully saturated rings. The van der Waals surface area contributed by atoms with Crippen molar-refractivity contribution in [3.05, 3.63) is 95.3 Å². The molecule has 8 heteroatoms. The maximum absolute atomic E-state index is 13.7.